The van der Waals surface area contributed by atoms with Gasteiger partial charge in [-0.15, -0.1) is 0 Å². The number of ketones is 1. The molecule has 7 nitrogen and oxygen atoms in total. The van der Waals surface area contributed by atoms with Crippen LogP contribution in [0.25, 0.3) is 0 Å². The van der Waals surface area contributed by atoms with Gasteiger partial charge in [0.1, 0.15) is 6.04 Å². The van der Waals surface area contributed by atoms with Gasteiger partial charge in [-0.2, -0.15) is 0 Å². The molecule has 7 heteroatoms. The minimum Gasteiger partial charge on any atom is -0.468 e. The average molecular weight is 259 g/mol. The van der Waals surface area contributed by atoms with Crippen molar-refractivity contribution in [2.75, 3.05) is 20.2 Å². The summed E-state index contributed by atoms with van der Waals surface area (Å²) in [6, 6.07) is -1.03. The lowest BCUT2D eigenvalue weighted by Crippen LogP contribution is -2.45. The third-order valence-corrected chi connectivity index (χ3v) is 2.55. The molecule has 5 N–H and O–H groups in total. The number of carbonyl (C=O) groups excluding carboxylic acids is 3. The van der Waals surface area contributed by atoms with Gasteiger partial charge in [0.25, 0.3) is 0 Å². The van der Waals surface area contributed by atoms with E-state index in [0.29, 0.717) is 19.4 Å². The second-order valence-electron chi connectivity index (χ2n) is 3.96. The molecule has 0 aliphatic carbocycles. The Bertz CT molecular complexity index is 307. The zero-order chi connectivity index (χ0) is 14.1. The maximum Gasteiger partial charge on any atom is 0.323 e. The van der Waals surface area contributed by atoms with E-state index in [1.165, 1.54) is 14.0 Å². The van der Waals surface area contributed by atoms with Gasteiger partial charge in [0.15, 0.2) is 5.78 Å². The Balaban J connectivity index is 4.59. The van der Waals surface area contributed by atoms with Crippen molar-refractivity contribution in [2.24, 2.45) is 17.4 Å². The van der Waals surface area contributed by atoms with Gasteiger partial charge < -0.3 is 21.5 Å². The van der Waals surface area contributed by atoms with E-state index in [1.807, 2.05) is 0 Å². The summed E-state index contributed by atoms with van der Waals surface area (Å²) in [4.78, 5) is 34.0. The van der Waals surface area contributed by atoms with E-state index in [-0.39, 0.29) is 18.2 Å². The number of hydrogen-bond donors (Lipinski definition) is 3. The van der Waals surface area contributed by atoms with Crippen molar-refractivity contribution >= 4 is 17.7 Å². The topological polar surface area (TPSA) is 125 Å². The fourth-order valence-electron chi connectivity index (χ4n) is 1.52. The molecule has 0 aliphatic rings. The summed E-state index contributed by atoms with van der Waals surface area (Å²) in [6.07, 6.45) is 0.965. The first kappa shape index (κ1) is 16.5. The second kappa shape index (κ2) is 8.60. The van der Waals surface area contributed by atoms with Crippen molar-refractivity contribution < 1.29 is 19.1 Å². The van der Waals surface area contributed by atoms with Crippen LogP contribution in [-0.4, -0.2) is 43.9 Å². The summed E-state index contributed by atoms with van der Waals surface area (Å²) < 4.78 is 4.51. The Kier molecular flexibility index (Phi) is 7.89. The van der Waals surface area contributed by atoms with E-state index in [9.17, 15) is 14.4 Å². The molecule has 0 fully saturated rings. The van der Waals surface area contributed by atoms with E-state index in [4.69, 9.17) is 11.5 Å². The van der Waals surface area contributed by atoms with Crippen LogP contribution in [0.3, 0.4) is 0 Å². The average Bonchev–Trinajstić information content (AvgIpc) is 2.35. The van der Waals surface area contributed by atoms with Gasteiger partial charge >= 0.3 is 5.97 Å². The standard InChI is InChI=1S/C11H21N3O4/c1-7(15)14-6-9(16)8(4-3-5-12)10(13)11(17)18-2/h8,10H,3-6,12-13H2,1-2H3,(H,14,15)/t8?,10-/m0/s1. The number of rotatable bonds is 8. The van der Waals surface area contributed by atoms with Gasteiger partial charge in [-0.3, -0.25) is 14.4 Å². The first-order chi connectivity index (χ1) is 8.43. The van der Waals surface area contributed by atoms with Crippen LogP contribution in [-0.2, 0) is 19.1 Å². The van der Waals surface area contributed by atoms with Crippen molar-refractivity contribution in [3.8, 4) is 0 Å². The molecule has 0 heterocycles. The van der Waals surface area contributed by atoms with E-state index < -0.39 is 17.9 Å². The van der Waals surface area contributed by atoms with Crippen LogP contribution in [0.5, 0.6) is 0 Å². The van der Waals surface area contributed by atoms with Gasteiger partial charge in [-0.1, -0.05) is 0 Å². The van der Waals surface area contributed by atoms with Crippen LogP contribution < -0.4 is 16.8 Å². The Labute approximate surface area is 106 Å². The molecule has 0 spiro atoms. The summed E-state index contributed by atoms with van der Waals surface area (Å²) in [5, 5.41) is 2.39. The van der Waals surface area contributed by atoms with Gasteiger partial charge in [-0.05, 0) is 19.4 Å². The summed E-state index contributed by atoms with van der Waals surface area (Å²) in [6.45, 7) is 1.56. The molecule has 0 aromatic heterocycles. The zero-order valence-electron chi connectivity index (χ0n) is 10.8. The number of esters is 1. The Morgan fingerprint density at radius 1 is 1.33 bits per heavy atom. The number of hydrogen-bond acceptors (Lipinski definition) is 6. The number of nitrogens with two attached hydrogens (primary N) is 2. The lowest BCUT2D eigenvalue weighted by atomic mass is 9.90. The molecule has 1 amide bonds. The van der Waals surface area contributed by atoms with Crippen LogP contribution in [0, 0.1) is 5.92 Å². The van der Waals surface area contributed by atoms with Crippen LogP contribution in [0.15, 0.2) is 0 Å². The van der Waals surface area contributed by atoms with Crippen molar-refractivity contribution in [1.82, 2.24) is 5.32 Å². The summed E-state index contributed by atoms with van der Waals surface area (Å²) in [5.41, 5.74) is 11.0. The highest BCUT2D eigenvalue weighted by Gasteiger charge is 2.30. The van der Waals surface area contributed by atoms with Crippen LogP contribution >= 0.6 is 0 Å². The van der Waals surface area contributed by atoms with E-state index >= 15 is 0 Å². The fraction of sp³-hybridized carbons (Fsp3) is 0.727. The van der Waals surface area contributed by atoms with Crippen LogP contribution in [0.1, 0.15) is 19.8 Å². The highest BCUT2D eigenvalue weighted by Crippen LogP contribution is 2.12. The molecule has 18 heavy (non-hydrogen) atoms. The highest BCUT2D eigenvalue weighted by atomic mass is 16.5. The SMILES string of the molecule is COC(=O)[C@@H](N)C(CCCN)C(=O)CNC(C)=O. The molecular formula is C11H21N3O4. The molecule has 0 saturated carbocycles. The van der Waals surface area contributed by atoms with E-state index in [2.05, 4.69) is 10.1 Å². The first-order valence-corrected chi connectivity index (χ1v) is 5.74. The lowest BCUT2D eigenvalue weighted by Gasteiger charge is -2.20. The van der Waals surface area contributed by atoms with Crippen molar-refractivity contribution in [3.63, 3.8) is 0 Å². The fourth-order valence-corrected chi connectivity index (χ4v) is 1.52. The molecule has 1 unspecified atom stereocenters. The maximum absolute atomic E-state index is 11.9. The number of Topliss-reactive ketones (excluding diaryl/α,β-unsaturated/α-hetero) is 1. The molecule has 0 aromatic carbocycles. The molecule has 2 atom stereocenters. The van der Waals surface area contributed by atoms with Gasteiger partial charge in [0, 0.05) is 12.8 Å². The van der Waals surface area contributed by atoms with Gasteiger partial charge in [0.05, 0.1) is 13.7 Å². The minimum absolute atomic E-state index is 0.144. The molecular weight excluding hydrogens is 238 g/mol. The van der Waals surface area contributed by atoms with Crippen molar-refractivity contribution in [3.05, 3.63) is 0 Å². The van der Waals surface area contributed by atoms with Crippen molar-refractivity contribution in [2.45, 2.75) is 25.8 Å². The van der Waals surface area contributed by atoms with Gasteiger partial charge in [-0.25, -0.2) is 0 Å². The number of ether oxygens (including phenoxy) is 1. The normalized spacial score (nSPS) is 13.6. The maximum atomic E-state index is 11.9. The molecule has 0 bridgehead atoms. The number of nitrogens with one attached hydrogen (secondary N) is 1. The Morgan fingerprint density at radius 3 is 2.39 bits per heavy atom. The molecule has 0 aromatic rings. The highest BCUT2D eigenvalue weighted by molar-refractivity contribution is 5.91. The molecule has 0 radical (unpaired) electrons. The van der Waals surface area contributed by atoms with Crippen molar-refractivity contribution in [1.29, 1.82) is 0 Å². The smallest absolute Gasteiger partial charge is 0.323 e. The summed E-state index contributed by atoms with van der Waals surface area (Å²) >= 11 is 0. The second-order valence-corrected chi connectivity index (χ2v) is 3.96. The molecule has 0 aliphatic heterocycles. The number of amides is 1. The quantitative estimate of drug-likeness (QED) is 0.458. The van der Waals surface area contributed by atoms with Gasteiger partial charge in [0.2, 0.25) is 5.91 Å². The molecule has 0 saturated heterocycles. The summed E-state index contributed by atoms with van der Waals surface area (Å²) in [5.74, 6) is -1.94. The predicted octanol–water partition coefficient (Wildman–Crippen LogP) is -1.45. The van der Waals surface area contributed by atoms with E-state index in [0.717, 1.165) is 0 Å². The predicted molar refractivity (Wildman–Crippen MR) is 65.5 cm³/mol. The third kappa shape index (κ3) is 5.74. The zero-order valence-corrected chi connectivity index (χ0v) is 10.8. The Morgan fingerprint density at radius 2 is 1.94 bits per heavy atom. The lowest BCUT2D eigenvalue weighted by molar-refractivity contribution is -0.145. The summed E-state index contributed by atoms with van der Waals surface area (Å²) in [7, 11) is 1.21. The minimum atomic E-state index is -1.03. The largest absolute Gasteiger partial charge is 0.468 e. The first-order valence-electron chi connectivity index (χ1n) is 5.74. The molecule has 0 rings (SSSR count). The number of methoxy groups -OCH3 is 1. The number of carbonyl (C=O) groups is 3. The third-order valence-electron chi connectivity index (χ3n) is 2.55. The molecule has 104 valence electrons. The van der Waals surface area contributed by atoms with E-state index in [1.54, 1.807) is 0 Å². The Hall–Kier alpha value is -1.47. The van der Waals surface area contributed by atoms with Crippen LogP contribution in [0.4, 0.5) is 0 Å². The van der Waals surface area contributed by atoms with Crippen LogP contribution in [0.2, 0.25) is 0 Å². The monoisotopic (exact) mass is 259 g/mol.